The van der Waals surface area contributed by atoms with Crippen LogP contribution in [-0.4, -0.2) is 24.2 Å². The first-order chi connectivity index (χ1) is 10.9. The zero-order valence-corrected chi connectivity index (χ0v) is 17.8. The van der Waals surface area contributed by atoms with E-state index in [0.29, 0.717) is 0 Å². The Hall–Kier alpha value is -1.23. The molecule has 2 aromatic carbocycles. The van der Waals surface area contributed by atoms with E-state index in [0.717, 1.165) is 0 Å². The van der Waals surface area contributed by atoms with Gasteiger partial charge in [-0.05, 0) is 21.8 Å². The van der Waals surface area contributed by atoms with Crippen LogP contribution in [0.1, 0.15) is 19.4 Å². The fourth-order valence-electron chi connectivity index (χ4n) is 2.05. The summed E-state index contributed by atoms with van der Waals surface area (Å²) in [6.07, 6.45) is 2.37. The molecule has 2 aromatic rings. The van der Waals surface area contributed by atoms with Gasteiger partial charge in [-0.3, -0.25) is 4.79 Å². The van der Waals surface area contributed by atoms with Gasteiger partial charge in [-0.15, -0.1) is 11.1 Å². The summed E-state index contributed by atoms with van der Waals surface area (Å²) in [5.41, 5.74) is 3.87. The Morgan fingerprint density at radius 2 is 1.71 bits per heavy atom. The van der Waals surface area contributed by atoms with Gasteiger partial charge < -0.3 is 5.11 Å². The maximum absolute atomic E-state index is 10.0. The van der Waals surface area contributed by atoms with Gasteiger partial charge in [0.1, 0.15) is 0 Å². The standard InChI is InChI=1S/C15H16P.C5H8O2.Pt/c1-16(2)12-13-8-10-15(11-9-13)14-6-4-3-5-7-14;1-4(6)3-5(2)7;/h3-8,10-11H,12H2,1-2H3;3,6H,1-2H3;/q-1;;/p+1/b;4-3-;. The molecule has 0 aliphatic heterocycles. The number of hydrogen-bond acceptors (Lipinski definition) is 2. The maximum atomic E-state index is 10.0. The van der Waals surface area contributed by atoms with E-state index in [-0.39, 0.29) is 40.5 Å². The van der Waals surface area contributed by atoms with E-state index in [1.807, 2.05) is 6.07 Å². The van der Waals surface area contributed by atoms with E-state index in [1.54, 1.807) is 0 Å². The first kappa shape index (κ1) is 22.8. The minimum atomic E-state index is -0.195. The number of rotatable bonds is 4. The van der Waals surface area contributed by atoms with E-state index >= 15 is 0 Å². The van der Waals surface area contributed by atoms with Crippen LogP contribution < -0.4 is 0 Å². The van der Waals surface area contributed by atoms with E-state index < -0.39 is 0 Å². The largest absolute Gasteiger partial charge is 0.512 e. The molecular weight excluding hydrogens is 498 g/mol. The molecule has 0 atom stereocenters. The SMILES string of the molecule is CC(=O)/C=C(/C)O.C[PH+](C)Cc1[c-]cc(-c2ccccc2)cc1.[Pt]. The number of allylic oxidation sites excluding steroid dienone is 2. The van der Waals surface area contributed by atoms with Gasteiger partial charge in [-0.1, -0.05) is 35.9 Å². The van der Waals surface area contributed by atoms with Crippen molar-refractivity contribution in [1.82, 2.24) is 0 Å². The zero-order chi connectivity index (χ0) is 17.2. The van der Waals surface area contributed by atoms with Crippen molar-refractivity contribution in [2.45, 2.75) is 20.0 Å². The summed E-state index contributed by atoms with van der Waals surface area (Å²) in [4.78, 5) is 10.0. The van der Waals surface area contributed by atoms with Crippen LogP contribution in [0.3, 0.4) is 0 Å². The van der Waals surface area contributed by atoms with Crippen molar-refractivity contribution in [3.05, 3.63) is 72.0 Å². The molecule has 4 heteroatoms. The molecule has 24 heavy (non-hydrogen) atoms. The fourth-order valence-corrected chi connectivity index (χ4v) is 3.03. The van der Waals surface area contributed by atoms with Gasteiger partial charge in [-0.25, -0.2) is 0 Å². The molecule has 2 nitrogen and oxygen atoms in total. The fraction of sp³-hybridized carbons (Fsp3) is 0.250. The van der Waals surface area contributed by atoms with Crippen LogP contribution in [-0.2, 0) is 32.0 Å². The zero-order valence-electron chi connectivity index (χ0n) is 14.6. The van der Waals surface area contributed by atoms with Crippen LogP contribution in [0, 0.1) is 6.07 Å². The molecule has 0 saturated heterocycles. The van der Waals surface area contributed by atoms with Crippen LogP contribution in [0.4, 0.5) is 0 Å². The third-order valence-electron chi connectivity index (χ3n) is 2.94. The predicted octanol–water partition coefficient (Wildman–Crippen LogP) is 5.16. The summed E-state index contributed by atoms with van der Waals surface area (Å²) >= 11 is 0. The molecule has 1 N–H and O–H groups in total. The Morgan fingerprint density at radius 3 is 2.08 bits per heavy atom. The topological polar surface area (TPSA) is 37.3 Å². The second-order valence-corrected chi connectivity index (χ2v) is 8.52. The molecule has 0 amide bonds. The van der Waals surface area contributed by atoms with Gasteiger partial charge in [0.15, 0.2) is 5.78 Å². The quantitative estimate of drug-likeness (QED) is 0.260. The van der Waals surface area contributed by atoms with Crippen molar-refractivity contribution >= 4 is 13.7 Å². The van der Waals surface area contributed by atoms with E-state index in [1.165, 1.54) is 42.8 Å². The third-order valence-corrected chi connectivity index (χ3v) is 4.03. The minimum Gasteiger partial charge on any atom is -0.512 e. The minimum absolute atomic E-state index is 0. The van der Waals surface area contributed by atoms with Crippen LogP contribution in [0.2, 0.25) is 0 Å². The molecule has 0 aliphatic carbocycles. The molecule has 0 aliphatic rings. The normalized spacial score (nSPS) is 10.5. The number of aliphatic hydroxyl groups is 1. The van der Waals surface area contributed by atoms with Crippen molar-refractivity contribution in [1.29, 1.82) is 0 Å². The molecule has 0 unspecified atom stereocenters. The molecule has 0 saturated carbocycles. The molecule has 0 bridgehead atoms. The second kappa shape index (κ2) is 12.2. The number of carbonyl (C=O) groups is 1. The summed E-state index contributed by atoms with van der Waals surface area (Å²) in [6, 6.07) is 20.4. The third kappa shape index (κ3) is 9.81. The van der Waals surface area contributed by atoms with Gasteiger partial charge in [0.25, 0.3) is 0 Å². The molecule has 2 rings (SSSR count). The number of benzene rings is 2. The average Bonchev–Trinajstić information content (AvgIpc) is 2.47. The van der Waals surface area contributed by atoms with Gasteiger partial charge >= 0.3 is 0 Å². The molecule has 0 spiro atoms. The second-order valence-electron chi connectivity index (χ2n) is 5.75. The summed E-state index contributed by atoms with van der Waals surface area (Å²) in [6.45, 7) is 7.52. The average molecular weight is 523 g/mol. The Morgan fingerprint density at radius 1 is 1.08 bits per heavy atom. The predicted molar refractivity (Wildman–Crippen MR) is 102 cm³/mol. The Labute approximate surface area is 161 Å². The van der Waals surface area contributed by atoms with Crippen LogP contribution in [0.5, 0.6) is 0 Å². The molecule has 0 fully saturated rings. The first-order valence-electron chi connectivity index (χ1n) is 7.61. The molecular formula is C20H25O2PPt. The Balaban J connectivity index is 0.000000570. The van der Waals surface area contributed by atoms with Crippen molar-refractivity contribution in [3.8, 4) is 11.1 Å². The first-order valence-corrected chi connectivity index (χ1v) is 10.3. The van der Waals surface area contributed by atoms with Crippen molar-refractivity contribution in [3.63, 3.8) is 0 Å². The molecule has 0 radical (unpaired) electrons. The van der Waals surface area contributed by atoms with Crippen LogP contribution in [0.25, 0.3) is 11.1 Å². The summed E-state index contributed by atoms with van der Waals surface area (Å²) in [5, 5.41) is 8.36. The smallest absolute Gasteiger partial charge is 0.155 e. The van der Waals surface area contributed by atoms with E-state index in [4.69, 9.17) is 5.11 Å². The molecule has 132 valence electrons. The summed E-state index contributed by atoms with van der Waals surface area (Å²) in [5.74, 6) is -0.0625. The number of hydrogen-bond donors (Lipinski definition) is 1. The van der Waals surface area contributed by atoms with Gasteiger partial charge in [-0.2, -0.15) is 24.3 Å². The van der Waals surface area contributed by atoms with Crippen molar-refractivity contribution in [2.75, 3.05) is 13.3 Å². The monoisotopic (exact) mass is 523 g/mol. The molecule has 0 heterocycles. The maximum Gasteiger partial charge on any atom is 0.155 e. The van der Waals surface area contributed by atoms with Crippen LogP contribution >= 0.6 is 7.92 Å². The van der Waals surface area contributed by atoms with E-state index in [2.05, 4.69) is 61.9 Å². The van der Waals surface area contributed by atoms with Crippen LogP contribution in [0.15, 0.2) is 60.4 Å². The molecule has 0 aromatic heterocycles. The van der Waals surface area contributed by atoms with Gasteiger partial charge in [0.2, 0.25) is 0 Å². The van der Waals surface area contributed by atoms with Crippen molar-refractivity contribution < 1.29 is 31.0 Å². The van der Waals surface area contributed by atoms with Crippen molar-refractivity contribution in [2.24, 2.45) is 0 Å². The number of aliphatic hydroxyl groups excluding tert-OH is 1. The van der Waals surface area contributed by atoms with E-state index in [9.17, 15) is 4.79 Å². The summed E-state index contributed by atoms with van der Waals surface area (Å²) < 4.78 is 0. The summed E-state index contributed by atoms with van der Waals surface area (Å²) in [7, 11) is -0.195. The number of ketones is 1. The number of carbonyl (C=O) groups excluding carboxylic acids is 1. The Bertz CT molecular complexity index is 630. The van der Waals surface area contributed by atoms with Gasteiger partial charge in [0, 0.05) is 40.5 Å². The van der Waals surface area contributed by atoms with Gasteiger partial charge in [0.05, 0.1) is 11.9 Å². The Kier molecular flexibility index (Phi) is 11.6.